The zero-order valence-electron chi connectivity index (χ0n) is 7.99. The number of hydrogen-bond acceptors (Lipinski definition) is 4. The van der Waals surface area contributed by atoms with Crippen molar-refractivity contribution >= 4 is 11.8 Å². The molecular weight excluding hydrogens is 190 g/mol. The highest BCUT2D eigenvalue weighted by Crippen LogP contribution is 2.40. The highest BCUT2D eigenvalue weighted by Gasteiger charge is 2.48. The molecular formula is C8H15NO3S. The van der Waals surface area contributed by atoms with Crippen LogP contribution in [0.4, 0.5) is 0 Å². The van der Waals surface area contributed by atoms with Gasteiger partial charge in [-0.2, -0.15) is 0 Å². The van der Waals surface area contributed by atoms with E-state index in [-0.39, 0.29) is 4.92 Å². The minimum Gasteiger partial charge on any atom is -0.356 e. The van der Waals surface area contributed by atoms with E-state index in [1.54, 1.807) is 11.8 Å². The molecule has 0 N–H and O–H groups in total. The van der Waals surface area contributed by atoms with Crippen LogP contribution in [-0.2, 0) is 4.74 Å². The standard InChI is InChI=1S/C8H15NO3S/c1-3-7(9(10)11)8(4-2)12-5-6-13-8/h7H,3-6H2,1-2H3/t7-,8+/m1/s1. The average molecular weight is 205 g/mol. The monoisotopic (exact) mass is 205 g/mol. The van der Waals surface area contributed by atoms with Gasteiger partial charge in [0.25, 0.3) is 6.04 Å². The van der Waals surface area contributed by atoms with E-state index in [4.69, 9.17) is 4.74 Å². The number of hydrogen-bond donors (Lipinski definition) is 0. The second kappa shape index (κ2) is 4.28. The first kappa shape index (κ1) is 10.8. The van der Waals surface area contributed by atoms with Crippen molar-refractivity contribution < 1.29 is 9.66 Å². The highest BCUT2D eigenvalue weighted by molar-refractivity contribution is 8.00. The third kappa shape index (κ3) is 1.96. The largest absolute Gasteiger partial charge is 0.356 e. The Bertz CT molecular complexity index is 192. The van der Waals surface area contributed by atoms with Crippen molar-refractivity contribution in [1.82, 2.24) is 0 Å². The molecule has 1 fully saturated rings. The molecule has 0 amide bonds. The zero-order chi connectivity index (χ0) is 9.90. The van der Waals surface area contributed by atoms with Gasteiger partial charge in [-0.1, -0.05) is 13.8 Å². The Labute approximate surface area is 82.2 Å². The molecule has 0 aromatic rings. The molecule has 76 valence electrons. The minimum absolute atomic E-state index is 0.207. The number of nitro groups is 1. The van der Waals surface area contributed by atoms with Crippen molar-refractivity contribution in [2.75, 3.05) is 12.4 Å². The molecule has 1 aliphatic rings. The molecule has 4 nitrogen and oxygen atoms in total. The normalized spacial score (nSPS) is 30.3. The van der Waals surface area contributed by atoms with Crippen LogP contribution in [0.15, 0.2) is 0 Å². The van der Waals surface area contributed by atoms with Crippen LogP contribution in [0.2, 0.25) is 0 Å². The average Bonchev–Trinajstić information content (AvgIpc) is 2.55. The third-order valence-corrected chi connectivity index (χ3v) is 3.96. The van der Waals surface area contributed by atoms with Crippen LogP contribution in [0, 0.1) is 10.1 Å². The van der Waals surface area contributed by atoms with Crippen molar-refractivity contribution in [3.05, 3.63) is 10.1 Å². The van der Waals surface area contributed by atoms with E-state index in [1.807, 2.05) is 13.8 Å². The SMILES string of the molecule is CC[C@@H]([N+](=O)[O-])[C@@]1(CC)OCCS1. The van der Waals surface area contributed by atoms with Crippen LogP contribution < -0.4 is 0 Å². The van der Waals surface area contributed by atoms with Crippen LogP contribution in [-0.4, -0.2) is 28.3 Å². The third-order valence-electron chi connectivity index (χ3n) is 2.42. The lowest BCUT2D eigenvalue weighted by Gasteiger charge is -2.27. The van der Waals surface area contributed by atoms with Gasteiger partial charge >= 0.3 is 0 Å². The molecule has 0 aliphatic carbocycles. The van der Waals surface area contributed by atoms with Gasteiger partial charge in [-0.05, 0) is 6.42 Å². The summed E-state index contributed by atoms with van der Waals surface area (Å²) in [6.45, 7) is 4.43. The molecule has 5 heteroatoms. The maximum Gasteiger partial charge on any atom is 0.250 e. The summed E-state index contributed by atoms with van der Waals surface area (Å²) in [5, 5.41) is 10.8. The van der Waals surface area contributed by atoms with Crippen molar-refractivity contribution in [1.29, 1.82) is 0 Å². The van der Waals surface area contributed by atoms with Crippen LogP contribution in [0.5, 0.6) is 0 Å². The molecule has 0 unspecified atom stereocenters. The van der Waals surface area contributed by atoms with Gasteiger partial charge < -0.3 is 4.74 Å². The van der Waals surface area contributed by atoms with E-state index in [0.717, 1.165) is 5.75 Å². The van der Waals surface area contributed by atoms with Crippen LogP contribution in [0.3, 0.4) is 0 Å². The van der Waals surface area contributed by atoms with E-state index in [0.29, 0.717) is 19.4 Å². The van der Waals surface area contributed by atoms with Crippen LogP contribution >= 0.6 is 11.8 Å². The topological polar surface area (TPSA) is 52.4 Å². The predicted octanol–water partition coefficient (Wildman–Crippen LogP) is 1.91. The van der Waals surface area contributed by atoms with Crippen molar-refractivity contribution in [2.45, 2.75) is 37.7 Å². The van der Waals surface area contributed by atoms with Crippen molar-refractivity contribution in [3.8, 4) is 0 Å². The van der Waals surface area contributed by atoms with Crippen LogP contribution in [0.25, 0.3) is 0 Å². The molecule has 2 atom stereocenters. The fourth-order valence-electron chi connectivity index (χ4n) is 1.72. The first-order chi connectivity index (χ1) is 6.16. The summed E-state index contributed by atoms with van der Waals surface area (Å²) in [5.41, 5.74) is 0. The molecule has 1 saturated heterocycles. The Morgan fingerprint density at radius 2 is 2.38 bits per heavy atom. The van der Waals surface area contributed by atoms with E-state index < -0.39 is 11.0 Å². The smallest absolute Gasteiger partial charge is 0.250 e. The maximum atomic E-state index is 10.8. The molecule has 1 heterocycles. The quantitative estimate of drug-likeness (QED) is 0.519. The number of thioether (sulfide) groups is 1. The molecule has 0 spiro atoms. The lowest BCUT2D eigenvalue weighted by Crippen LogP contribution is -2.43. The van der Waals surface area contributed by atoms with Gasteiger partial charge in [0, 0.05) is 17.1 Å². The Morgan fingerprint density at radius 1 is 1.69 bits per heavy atom. The lowest BCUT2D eigenvalue weighted by atomic mass is 10.1. The first-order valence-electron chi connectivity index (χ1n) is 4.57. The summed E-state index contributed by atoms with van der Waals surface area (Å²) < 4.78 is 5.53. The van der Waals surface area contributed by atoms with E-state index in [1.165, 1.54) is 0 Å². The van der Waals surface area contributed by atoms with Crippen molar-refractivity contribution in [3.63, 3.8) is 0 Å². The first-order valence-corrected chi connectivity index (χ1v) is 5.56. The van der Waals surface area contributed by atoms with Gasteiger partial charge in [-0.3, -0.25) is 10.1 Å². The summed E-state index contributed by atoms with van der Waals surface area (Å²) in [6.07, 6.45) is 1.24. The van der Waals surface area contributed by atoms with Crippen LogP contribution in [0.1, 0.15) is 26.7 Å². The van der Waals surface area contributed by atoms with Gasteiger partial charge in [0.15, 0.2) is 4.93 Å². The Morgan fingerprint density at radius 3 is 2.69 bits per heavy atom. The Balaban J connectivity index is 2.78. The summed E-state index contributed by atoms with van der Waals surface area (Å²) in [5.74, 6) is 0.873. The number of rotatable bonds is 4. The second-order valence-corrected chi connectivity index (χ2v) is 4.46. The fourth-order valence-corrected chi connectivity index (χ4v) is 3.05. The fraction of sp³-hybridized carbons (Fsp3) is 1.00. The van der Waals surface area contributed by atoms with Gasteiger partial charge in [-0.25, -0.2) is 0 Å². The summed E-state index contributed by atoms with van der Waals surface area (Å²) >= 11 is 1.59. The summed E-state index contributed by atoms with van der Waals surface area (Å²) in [6, 6.07) is -0.565. The maximum absolute atomic E-state index is 10.8. The highest BCUT2D eigenvalue weighted by atomic mass is 32.2. The molecule has 0 aromatic heterocycles. The van der Waals surface area contributed by atoms with E-state index in [2.05, 4.69) is 0 Å². The number of nitrogens with zero attached hydrogens (tertiary/aromatic N) is 1. The van der Waals surface area contributed by atoms with E-state index >= 15 is 0 Å². The van der Waals surface area contributed by atoms with Gasteiger partial charge in [-0.15, -0.1) is 11.8 Å². The summed E-state index contributed by atoms with van der Waals surface area (Å²) in [4.78, 5) is 10.0. The van der Waals surface area contributed by atoms with Gasteiger partial charge in [0.05, 0.1) is 6.61 Å². The Hall–Kier alpha value is -0.290. The molecule has 0 saturated carbocycles. The van der Waals surface area contributed by atoms with E-state index in [9.17, 15) is 10.1 Å². The second-order valence-electron chi connectivity index (χ2n) is 3.07. The summed E-state index contributed by atoms with van der Waals surface area (Å²) in [7, 11) is 0. The molecule has 13 heavy (non-hydrogen) atoms. The minimum atomic E-state index is -0.565. The van der Waals surface area contributed by atoms with Gasteiger partial charge in [0.2, 0.25) is 0 Å². The molecule has 1 aliphatic heterocycles. The predicted molar refractivity (Wildman–Crippen MR) is 52.5 cm³/mol. The molecule has 1 rings (SSSR count). The number of ether oxygens (including phenoxy) is 1. The molecule has 0 bridgehead atoms. The molecule has 0 aromatic carbocycles. The lowest BCUT2D eigenvalue weighted by molar-refractivity contribution is -0.539. The molecule has 0 radical (unpaired) electrons. The zero-order valence-corrected chi connectivity index (χ0v) is 8.80. The van der Waals surface area contributed by atoms with Gasteiger partial charge in [0.1, 0.15) is 0 Å². The Kier molecular flexibility index (Phi) is 3.55. The van der Waals surface area contributed by atoms with Crippen molar-refractivity contribution in [2.24, 2.45) is 0 Å².